The van der Waals surface area contributed by atoms with Crippen molar-refractivity contribution in [1.29, 1.82) is 0 Å². The molecular formula is C15H28N4O. The molecular weight excluding hydrogens is 252 g/mol. The van der Waals surface area contributed by atoms with Crippen LogP contribution >= 0.6 is 0 Å². The number of hydrogen-bond donors (Lipinski definition) is 1. The standard InChI is InChI=1S/C15H28N4O/c1-3-19-13-15(10-17-19)12-18-7-4-5-14(11-18)9-16-6-8-20-2/h10,13-14,16H,3-9,11-12H2,1-2H3. The van der Waals surface area contributed by atoms with Gasteiger partial charge in [0, 0.05) is 45.0 Å². The lowest BCUT2D eigenvalue weighted by Gasteiger charge is -2.32. The maximum atomic E-state index is 5.06. The van der Waals surface area contributed by atoms with Gasteiger partial charge in [-0.15, -0.1) is 0 Å². The van der Waals surface area contributed by atoms with Crippen molar-refractivity contribution in [3.05, 3.63) is 18.0 Å². The van der Waals surface area contributed by atoms with Crippen LogP contribution in [0.25, 0.3) is 0 Å². The third-order valence-electron chi connectivity index (χ3n) is 3.94. The molecule has 2 rings (SSSR count). The quantitative estimate of drug-likeness (QED) is 0.730. The van der Waals surface area contributed by atoms with Gasteiger partial charge in [-0.25, -0.2) is 0 Å². The van der Waals surface area contributed by atoms with Crippen molar-refractivity contribution in [1.82, 2.24) is 20.0 Å². The molecule has 5 nitrogen and oxygen atoms in total. The minimum Gasteiger partial charge on any atom is -0.383 e. The van der Waals surface area contributed by atoms with Crippen LogP contribution in [0.2, 0.25) is 0 Å². The Bertz CT molecular complexity index is 380. The second-order valence-corrected chi connectivity index (χ2v) is 5.64. The minimum atomic E-state index is 0.766. The molecule has 20 heavy (non-hydrogen) atoms. The third-order valence-corrected chi connectivity index (χ3v) is 3.94. The van der Waals surface area contributed by atoms with Crippen molar-refractivity contribution >= 4 is 0 Å². The zero-order valence-electron chi connectivity index (χ0n) is 12.8. The van der Waals surface area contributed by atoms with Crippen molar-refractivity contribution < 1.29 is 4.74 Å². The largest absolute Gasteiger partial charge is 0.383 e. The summed E-state index contributed by atoms with van der Waals surface area (Å²) in [5.41, 5.74) is 1.33. The van der Waals surface area contributed by atoms with Crippen LogP contribution in [0.3, 0.4) is 0 Å². The molecule has 1 unspecified atom stereocenters. The summed E-state index contributed by atoms with van der Waals surface area (Å²) in [5.74, 6) is 0.766. The van der Waals surface area contributed by atoms with Crippen LogP contribution in [0.5, 0.6) is 0 Å². The third kappa shape index (κ3) is 4.89. The van der Waals surface area contributed by atoms with Crippen molar-refractivity contribution in [2.24, 2.45) is 5.92 Å². The maximum Gasteiger partial charge on any atom is 0.0587 e. The molecule has 114 valence electrons. The van der Waals surface area contributed by atoms with E-state index in [1.54, 1.807) is 7.11 Å². The number of nitrogens with zero attached hydrogens (tertiary/aromatic N) is 3. The zero-order valence-corrected chi connectivity index (χ0v) is 12.8. The first-order chi connectivity index (χ1) is 9.81. The first kappa shape index (κ1) is 15.5. The highest BCUT2D eigenvalue weighted by atomic mass is 16.5. The SMILES string of the molecule is CCn1cc(CN2CCCC(CNCCOC)C2)cn1. The molecule has 1 atom stereocenters. The summed E-state index contributed by atoms with van der Waals surface area (Å²) in [7, 11) is 1.75. The molecule has 0 aliphatic carbocycles. The van der Waals surface area contributed by atoms with Crippen LogP contribution in [-0.2, 0) is 17.8 Å². The average Bonchev–Trinajstić information content (AvgIpc) is 2.92. The second-order valence-electron chi connectivity index (χ2n) is 5.64. The fourth-order valence-electron chi connectivity index (χ4n) is 2.86. The number of methoxy groups -OCH3 is 1. The van der Waals surface area contributed by atoms with Gasteiger partial charge in [-0.2, -0.15) is 5.10 Å². The molecule has 1 saturated heterocycles. The topological polar surface area (TPSA) is 42.3 Å². The van der Waals surface area contributed by atoms with Gasteiger partial charge in [-0.1, -0.05) is 0 Å². The zero-order chi connectivity index (χ0) is 14.2. The van der Waals surface area contributed by atoms with Crippen molar-refractivity contribution in [2.75, 3.05) is 39.9 Å². The Morgan fingerprint density at radius 2 is 2.40 bits per heavy atom. The first-order valence-corrected chi connectivity index (χ1v) is 7.75. The van der Waals surface area contributed by atoms with E-state index in [1.807, 2.05) is 10.9 Å². The van der Waals surface area contributed by atoms with Gasteiger partial charge in [0.05, 0.1) is 12.8 Å². The highest BCUT2D eigenvalue weighted by Gasteiger charge is 2.19. The molecule has 0 aromatic carbocycles. The fourth-order valence-corrected chi connectivity index (χ4v) is 2.86. The van der Waals surface area contributed by atoms with Gasteiger partial charge >= 0.3 is 0 Å². The van der Waals surface area contributed by atoms with E-state index < -0.39 is 0 Å². The number of aryl methyl sites for hydroxylation is 1. The Morgan fingerprint density at radius 1 is 1.50 bits per heavy atom. The van der Waals surface area contributed by atoms with Gasteiger partial charge in [-0.05, 0) is 38.8 Å². The molecule has 1 fully saturated rings. The number of nitrogens with one attached hydrogen (secondary N) is 1. The van der Waals surface area contributed by atoms with Crippen molar-refractivity contribution in [3.63, 3.8) is 0 Å². The number of likely N-dealkylation sites (tertiary alicyclic amines) is 1. The molecule has 5 heteroatoms. The summed E-state index contributed by atoms with van der Waals surface area (Å²) >= 11 is 0. The lowest BCUT2D eigenvalue weighted by Crippen LogP contribution is -2.39. The molecule has 2 heterocycles. The minimum absolute atomic E-state index is 0.766. The lowest BCUT2D eigenvalue weighted by molar-refractivity contribution is 0.159. The number of ether oxygens (including phenoxy) is 1. The predicted molar refractivity (Wildman–Crippen MR) is 80.6 cm³/mol. The van der Waals surface area contributed by atoms with Crippen LogP contribution in [0.4, 0.5) is 0 Å². The monoisotopic (exact) mass is 280 g/mol. The van der Waals surface area contributed by atoms with Crippen LogP contribution in [0.15, 0.2) is 12.4 Å². The van der Waals surface area contributed by atoms with E-state index in [4.69, 9.17) is 4.74 Å². The molecule has 0 bridgehead atoms. The van der Waals surface area contributed by atoms with E-state index in [-0.39, 0.29) is 0 Å². The van der Waals surface area contributed by atoms with Gasteiger partial charge < -0.3 is 10.1 Å². The van der Waals surface area contributed by atoms with Crippen LogP contribution in [-0.4, -0.2) is 54.6 Å². The number of aromatic nitrogens is 2. The summed E-state index contributed by atoms with van der Waals surface area (Å²) in [6.45, 7) is 9.38. The highest BCUT2D eigenvalue weighted by molar-refractivity contribution is 5.03. The summed E-state index contributed by atoms with van der Waals surface area (Å²) in [6.07, 6.45) is 6.81. The molecule has 1 N–H and O–H groups in total. The van der Waals surface area contributed by atoms with Gasteiger partial charge in [0.15, 0.2) is 0 Å². The van der Waals surface area contributed by atoms with E-state index in [1.165, 1.54) is 31.5 Å². The molecule has 1 aliphatic heterocycles. The summed E-state index contributed by atoms with van der Waals surface area (Å²) < 4.78 is 7.07. The Morgan fingerprint density at radius 3 is 3.15 bits per heavy atom. The maximum absolute atomic E-state index is 5.06. The molecule has 0 radical (unpaired) electrons. The normalized spacial score (nSPS) is 20.4. The lowest BCUT2D eigenvalue weighted by atomic mass is 9.97. The molecule has 0 amide bonds. The van der Waals surface area contributed by atoms with Gasteiger partial charge in [-0.3, -0.25) is 9.58 Å². The Labute approximate surface area is 122 Å². The number of hydrogen-bond acceptors (Lipinski definition) is 4. The molecule has 1 aromatic rings. The van der Waals surface area contributed by atoms with Gasteiger partial charge in [0.1, 0.15) is 0 Å². The second kappa shape index (κ2) is 8.39. The van der Waals surface area contributed by atoms with Gasteiger partial charge in [0.2, 0.25) is 0 Å². The van der Waals surface area contributed by atoms with Crippen molar-refractivity contribution in [2.45, 2.75) is 32.9 Å². The summed E-state index contributed by atoms with van der Waals surface area (Å²) in [5, 5.41) is 7.84. The van der Waals surface area contributed by atoms with Crippen LogP contribution in [0.1, 0.15) is 25.3 Å². The molecule has 1 aromatic heterocycles. The Balaban J connectivity index is 1.72. The smallest absolute Gasteiger partial charge is 0.0587 e. The van der Waals surface area contributed by atoms with Crippen molar-refractivity contribution in [3.8, 4) is 0 Å². The van der Waals surface area contributed by atoms with Gasteiger partial charge in [0.25, 0.3) is 0 Å². The van der Waals surface area contributed by atoms with E-state index in [9.17, 15) is 0 Å². The Kier molecular flexibility index (Phi) is 6.50. The van der Waals surface area contributed by atoms with E-state index >= 15 is 0 Å². The van der Waals surface area contributed by atoms with Crippen LogP contribution < -0.4 is 5.32 Å². The average molecular weight is 280 g/mol. The van der Waals surface area contributed by atoms with E-state index in [0.29, 0.717) is 0 Å². The summed E-state index contributed by atoms with van der Waals surface area (Å²) in [4.78, 5) is 2.56. The first-order valence-electron chi connectivity index (χ1n) is 7.75. The highest BCUT2D eigenvalue weighted by Crippen LogP contribution is 2.17. The Hall–Kier alpha value is -0.910. The number of piperidine rings is 1. The molecule has 0 spiro atoms. The fraction of sp³-hybridized carbons (Fsp3) is 0.800. The van der Waals surface area contributed by atoms with Crippen LogP contribution in [0, 0.1) is 5.92 Å². The number of rotatable bonds is 8. The molecule has 0 saturated carbocycles. The molecule has 1 aliphatic rings. The van der Waals surface area contributed by atoms with E-state index in [2.05, 4.69) is 28.4 Å². The summed E-state index contributed by atoms with van der Waals surface area (Å²) in [6, 6.07) is 0. The van der Waals surface area contributed by atoms with E-state index in [0.717, 1.165) is 38.7 Å². The predicted octanol–water partition coefficient (Wildman–Crippen LogP) is 1.35.